The van der Waals surface area contributed by atoms with Crippen molar-refractivity contribution in [1.82, 2.24) is 5.32 Å². The first-order valence-electron chi connectivity index (χ1n) is 7.57. The largest absolute Gasteiger partial charge is 0.341 e. The first kappa shape index (κ1) is 17.4. The number of anilines is 1. The van der Waals surface area contributed by atoms with Crippen molar-refractivity contribution < 1.29 is 14.0 Å². The van der Waals surface area contributed by atoms with Gasteiger partial charge in [0.1, 0.15) is 11.9 Å². The van der Waals surface area contributed by atoms with Crippen LogP contribution in [0.1, 0.15) is 19.4 Å². The van der Waals surface area contributed by atoms with Crippen LogP contribution in [0.4, 0.5) is 10.1 Å². The van der Waals surface area contributed by atoms with Crippen LogP contribution in [0.25, 0.3) is 6.08 Å². The van der Waals surface area contributed by atoms with Crippen molar-refractivity contribution in [2.75, 3.05) is 5.32 Å². The average molecular weight is 326 g/mol. The van der Waals surface area contributed by atoms with Gasteiger partial charge < -0.3 is 10.6 Å². The molecule has 0 saturated carbocycles. The highest BCUT2D eigenvalue weighted by Crippen LogP contribution is 2.12. The number of nitrogens with one attached hydrogen (secondary N) is 2. The van der Waals surface area contributed by atoms with Crippen LogP contribution in [0.15, 0.2) is 60.2 Å². The molecule has 0 heterocycles. The van der Waals surface area contributed by atoms with Gasteiger partial charge in [0.25, 0.3) is 0 Å². The maximum atomic E-state index is 13.5. The molecule has 0 radical (unpaired) electrons. The number of hydrogen-bond acceptors (Lipinski definition) is 2. The molecule has 0 saturated heterocycles. The van der Waals surface area contributed by atoms with E-state index in [4.69, 9.17) is 0 Å². The van der Waals surface area contributed by atoms with Gasteiger partial charge in [-0.2, -0.15) is 0 Å². The van der Waals surface area contributed by atoms with E-state index in [9.17, 15) is 14.0 Å². The third-order valence-corrected chi connectivity index (χ3v) is 3.41. The molecule has 2 rings (SSSR count). The van der Waals surface area contributed by atoms with Gasteiger partial charge in [-0.1, -0.05) is 42.5 Å². The lowest BCUT2D eigenvalue weighted by Gasteiger charge is -2.14. The highest BCUT2D eigenvalue weighted by molar-refractivity contribution is 6.02. The van der Waals surface area contributed by atoms with E-state index in [1.807, 2.05) is 30.3 Å². The monoisotopic (exact) mass is 326 g/mol. The van der Waals surface area contributed by atoms with Gasteiger partial charge in [-0.25, -0.2) is 4.39 Å². The summed E-state index contributed by atoms with van der Waals surface area (Å²) in [5.74, 6) is -1.36. The van der Waals surface area contributed by atoms with Crippen LogP contribution >= 0.6 is 0 Å². The molecule has 2 N–H and O–H groups in total. The van der Waals surface area contributed by atoms with Crippen LogP contribution in [0.2, 0.25) is 0 Å². The third kappa shape index (κ3) is 4.78. The van der Waals surface area contributed by atoms with Gasteiger partial charge in [0.15, 0.2) is 0 Å². The summed E-state index contributed by atoms with van der Waals surface area (Å²) in [5.41, 5.74) is 1.46. The first-order valence-corrected chi connectivity index (χ1v) is 7.57. The van der Waals surface area contributed by atoms with Gasteiger partial charge in [0, 0.05) is 5.57 Å². The molecule has 124 valence electrons. The molecule has 2 aromatic rings. The highest BCUT2D eigenvalue weighted by atomic mass is 19.1. The second-order valence-electron chi connectivity index (χ2n) is 5.40. The van der Waals surface area contributed by atoms with Gasteiger partial charge in [0.2, 0.25) is 11.8 Å². The van der Waals surface area contributed by atoms with Crippen molar-refractivity contribution in [2.24, 2.45) is 0 Å². The summed E-state index contributed by atoms with van der Waals surface area (Å²) in [6, 6.07) is 14.5. The smallest absolute Gasteiger partial charge is 0.247 e. The van der Waals surface area contributed by atoms with E-state index < -0.39 is 17.8 Å². The topological polar surface area (TPSA) is 58.2 Å². The molecule has 0 bridgehead atoms. The average Bonchev–Trinajstić information content (AvgIpc) is 2.57. The summed E-state index contributed by atoms with van der Waals surface area (Å²) in [4.78, 5) is 24.2. The standard InChI is InChI=1S/C19H19FN2O2/c1-13(12-15-8-4-3-5-9-15)18(23)21-14(2)19(24)22-17-11-7-6-10-16(17)20/h3-12,14H,1-2H3,(H,21,23)(H,22,24)/b13-12+. The molecule has 5 heteroatoms. The van der Waals surface area contributed by atoms with E-state index in [2.05, 4.69) is 10.6 Å². The van der Waals surface area contributed by atoms with Gasteiger partial charge in [-0.15, -0.1) is 0 Å². The SMILES string of the molecule is C/C(=C\c1ccccc1)C(=O)NC(C)C(=O)Nc1ccccc1F. The van der Waals surface area contributed by atoms with Crippen molar-refractivity contribution in [3.63, 3.8) is 0 Å². The Morgan fingerprint density at radius 1 is 1.04 bits per heavy atom. The second kappa shape index (κ2) is 8.06. The number of para-hydroxylation sites is 1. The van der Waals surface area contributed by atoms with Crippen molar-refractivity contribution in [2.45, 2.75) is 19.9 Å². The molecule has 0 aliphatic rings. The Morgan fingerprint density at radius 3 is 2.33 bits per heavy atom. The van der Waals surface area contributed by atoms with Crippen LogP contribution in [0.3, 0.4) is 0 Å². The maximum absolute atomic E-state index is 13.5. The zero-order valence-corrected chi connectivity index (χ0v) is 13.5. The lowest BCUT2D eigenvalue weighted by atomic mass is 10.1. The Kier molecular flexibility index (Phi) is 5.84. The first-order chi connectivity index (χ1) is 11.5. The van der Waals surface area contributed by atoms with Crippen LogP contribution in [-0.4, -0.2) is 17.9 Å². The Balaban J connectivity index is 1.97. The summed E-state index contributed by atoms with van der Waals surface area (Å²) in [6.07, 6.45) is 1.73. The Labute approximate surface area is 140 Å². The minimum absolute atomic E-state index is 0.0835. The minimum atomic E-state index is -0.795. The van der Waals surface area contributed by atoms with Crippen molar-refractivity contribution in [3.8, 4) is 0 Å². The molecule has 0 aliphatic carbocycles. The third-order valence-electron chi connectivity index (χ3n) is 3.41. The molecule has 4 nitrogen and oxygen atoms in total. The van der Waals surface area contributed by atoms with Crippen LogP contribution in [0, 0.1) is 5.82 Å². The molecule has 24 heavy (non-hydrogen) atoms. The Hall–Kier alpha value is -2.95. The molecule has 0 aromatic heterocycles. The van der Waals surface area contributed by atoms with Gasteiger partial charge >= 0.3 is 0 Å². The number of rotatable bonds is 5. The molecular weight excluding hydrogens is 307 g/mol. The quantitative estimate of drug-likeness (QED) is 0.828. The van der Waals surface area contributed by atoms with E-state index in [1.165, 1.54) is 18.2 Å². The molecule has 1 unspecified atom stereocenters. The zero-order chi connectivity index (χ0) is 17.5. The molecule has 2 aromatic carbocycles. The summed E-state index contributed by atoms with van der Waals surface area (Å²) < 4.78 is 13.5. The molecule has 0 spiro atoms. The Morgan fingerprint density at radius 2 is 1.67 bits per heavy atom. The van der Waals surface area contributed by atoms with E-state index in [1.54, 1.807) is 26.0 Å². The zero-order valence-electron chi connectivity index (χ0n) is 13.5. The Bertz CT molecular complexity index is 757. The normalized spacial score (nSPS) is 12.4. The number of halogens is 1. The van der Waals surface area contributed by atoms with E-state index in [-0.39, 0.29) is 11.6 Å². The van der Waals surface area contributed by atoms with Crippen LogP contribution in [-0.2, 0) is 9.59 Å². The minimum Gasteiger partial charge on any atom is -0.341 e. The molecular formula is C19H19FN2O2. The van der Waals surface area contributed by atoms with Gasteiger partial charge in [-0.05, 0) is 37.6 Å². The fourth-order valence-electron chi connectivity index (χ4n) is 2.04. The summed E-state index contributed by atoms with van der Waals surface area (Å²) in [5, 5.41) is 5.05. The summed E-state index contributed by atoms with van der Waals surface area (Å²) >= 11 is 0. The van der Waals surface area contributed by atoms with Crippen molar-refractivity contribution in [1.29, 1.82) is 0 Å². The number of carbonyl (C=O) groups excluding carboxylic acids is 2. The van der Waals surface area contributed by atoms with Crippen LogP contribution in [0.5, 0.6) is 0 Å². The van der Waals surface area contributed by atoms with Gasteiger partial charge in [0.05, 0.1) is 5.69 Å². The number of carbonyl (C=O) groups is 2. The lowest BCUT2D eigenvalue weighted by molar-refractivity contribution is -0.123. The number of amides is 2. The maximum Gasteiger partial charge on any atom is 0.247 e. The molecule has 0 aliphatic heterocycles. The summed E-state index contributed by atoms with van der Waals surface area (Å²) in [7, 11) is 0. The predicted octanol–water partition coefficient (Wildman–Crippen LogP) is 3.37. The van der Waals surface area contributed by atoms with E-state index >= 15 is 0 Å². The fourth-order valence-corrected chi connectivity index (χ4v) is 2.04. The van der Waals surface area contributed by atoms with Crippen LogP contribution < -0.4 is 10.6 Å². The van der Waals surface area contributed by atoms with E-state index in [0.717, 1.165) is 5.56 Å². The molecule has 0 fully saturated rings. The molecule has 2 amide bonds. The summed E-state index contributed by atoms with van der Waals surface area (Å²) in [6.45, 7) is 3.22. The number of benzene rings is 2. The van der Waals surface area contributed by atoms with Gasteiger partial charge in [-0.3, -0.25) is 9.59 Å². The van der Waals surface area contributed by atoms with Crippen molar-refractivity contribution in [3.05, 3.63) is 71.6 Å². The highest BCUT2D eigenvalue weighted by Gasteiger charge is 2.17. The fraction of sp³-hybridized carbons (Fsp3) is 0.158. The second-order valence-corrected chi connectivity index (χ2v) is 5.40. The predicted molar refractivity (Wildman–Crippen MR) is 92.7 cm³/mol. The number of hydrogen-bond donors (Lipinski definition) is 2. The molecule has 1 atom stereocenters. The van der Waals surface area contributed by atoms with E-state index in [0.29, 0.717) is 5.57 Å². The van der Waals surface area contributed by atoms with Crippen molar-refractivity contribution >= 4 is 23.6 Å². The lowest BCUT2D eigenvalue weighted by Crippen LogP contribution is -2.42.